The van der Waals surface area contributed by atoms with E-state index >= 15 is 0 Å². The van der Waals surface area contributed by atoms with Crippen LogP contribution in [0.1, 0.15) is 12.0 Å². The fourth-order valence-electron chi connectivity index (χ4n) is 2.02. The Morgan fingerprint density at radius 2 is 2.25 bits per heavy atom. The van der Waals surface area contributed by atoms with Crippen LogP contribution in [0.3, 0.4) is 0 Å². The van der Waals surface area contributed by atoms with Crippen LogP contribution < -0.4 is 0 Å². The van der Waals surface area contributed by atoms with Crippen LogP contribution in [-0.2, 0) is 11.2 Å². The fraction of sp³-hybridized carbons (Fsp3) is 0.500. The summed E-state index contributed by atoms with van der Waals surface area (Å²) in [6.45, 7) is 1.30. The van der Waals surface area contributed by atoms with Crippen LogP contribution in [-0.4, -0.2) is 19.1 Å². The molecule has 1 saturated heterocycles. The molecule has 0 radical (unpaired) electrons. The molecular formula is C12H13Cl2FO. The van der Waals surface area contributed by atoms with Crippen molar-refractivity contribution in [3.8, 4) is 0 Å². The van der Waals surface area contributed by atoms with Crippen LogP contribution in [0.4, 0.5) is 4.39 Å². The molecule has 1 heterocycles. The molecule has 1 aliphatic rings. The number of halogens is 3. The SMILES string of the molecule is Fc1ccc(Cl)cc1CC1(CCl)CCOC1. The van der Waals surface area contributed by atoms with Gasteiger partial charge in [-0.05, 0) is 36.6 Å². The van der Waals surface area contributed by atoms with Gasteiger partial charge in [-0.15, -0.1) is 11.6 Å². The molecule has 1 fully saturated rings. The first kappa shape index (κ1) is 12.2. The van der Waals surface area contributed by atoms with Crippen LogP contribution in [0.25, 0.3) is 0 Å². The summed E-state index contributed by atoms with van der Waals surface area (Å²) < 4.78 is 18.9. The molecule has 0 spiro atoms. The van der Waals surface area contributed by atoms with Crippen molar-refractivity contribution in [1.82, 2.24) is 0 Å². The van der Waals surface area contributed by atoms with Crippen LogP contribution >= 0.6 is 23.2 Å². The summed E-state index contributed by atoms with van der Waals surface area (Å²) in [5.41, 5.74) is 0.492. The summed E-state index contributed by atoms with van der Waals surface area (Å²) >= 11 is 11.8. The molecule has 1 aromatic carbocycles. The van der Waals surface area contributed by atoms with E-state index < -0.39 is 0 Å². The topological polar surface area (TPSA) is 9.23 Å². The molecule has 2 rings (SSSR count). The lowest BCUT2D eigenvalue weighted by Crippen LogP contribution is -2.26. The van der Waals surface area contributed by atoms with E-state index in [9.17, 15) is 4.39 Å². The summed E-state index contributed by atoms with van der Waals surface area (Å²) in [5.74, 6) is 0.264. The lowest BCUT2D eigenvalue weighted by molar-refractivity contribution is 0.160. The first-order valence-corrected chi connectivity index (χ1v) is 6.14. The minimum atomic E-state index is -0.221. The molecule has 1 aliphatic heterocycles. The third-order valence-electron chi connectivity index (χ3n) is 3.04. The predicted octanol–water partition coefficient (Wildman–Crippen LogP) is 3.67. The summed E-state index contributed by atoms with van der Waals surface area (Å²) in [6, 6.07) is 4.62. The maximum Gasteiger partial charge on any atom is 0.126 e. The number of benzene rings is 1. The lowest BCUT2D eigenvalue weighted by Gasteiger charge is -2.24. The highest BCUT2D eigenvalue weighted by Crippen LogP contribution is 2.35. The molecule has 0 aromatic heterocycles. The minimum Gasteiger partial charge on any atom is -0.381 e. The highest BCUT2D eigenvalue weighted by Gasteiger charge is 2.35. The van der Waals surface area contributed by atoms with Gasteiger partial charge in [-0.2, -0.15) is 0 Å². The monoisotopic (exact) mass is 262 g/mol. The summed E-state index contributed by atoms with van der Waals surface area (Å²) in [6.07, 6.45) is 1.46. The van der Waals surface area contributed by atoms with Gasteiger partial charge in [-0.3, -0.25) is 0 Å². The van der Waals surface area contributed by atoms with E-state index in [-0.39, 0.29) is 11.2 Å². The van der Waals surface area contributed by atoms with Crippen LogP contribution in [0.15, 0.2) is 18.2 Å². The van der Waals surface area contributed by atoms with Crippen molar-refractivity contribution < 1.29 is 9.13 Å². The van der Waals surface area contributed by atoms with Gasteiger partial charge in [0.25, 0.3) is 0 Å². The van der Waals surface area contributed by atoms with Crippen molar-refractivity contribution in [3.63, 3.8) is 0 Å². The highest BCUT2D eigenvalue weighted by molar-refractivity contribution is 6.30. The molecule has 4 heteroatoms. The Balaban J connectivity index is 2.21. The Morgan fingerprint density at radius 1 is 1.44 bits per heavy atom. The Hall–Kier alpha value is -0.310. The highest BCUT2D eigenvalue weighted by atomic mass is 35.5. The van der Waals surface area contributed by atoms with Crippen molar-refractivity contribution in [1.29, 1.82) is 0 Å². The Bertz CT molecular complexity index is 375. The second-order valence-corrected chi connectivity index (χ2v) is 5.05. The van der Waals surface area contributed by atoms with E-state index in [0.29, 0.717) is 36.1 Å². The first-order valence-electron chi connectivity index (χ1n) is 5.23. The Kier molecular flexibility index (Phi) is 3.73. The Morgan fingerprint density at radius 3 is 2.88 bits per heavy atom. The molecule has 1 unspecified atom stereocenters. The molecule has 1 aromatic rings. The van der Waals surface area contributed by atoms with Crippen molar-refractivity contribution in [2.75, 3.05) is 19.1 Å². The van der Waals surface area contributed by atoms with Gasteiger partial charge in [0.1, 0.15) is 5.82 Å². The molecule has 0 N–H and O–H groups in total. The van der Waals surface area contributed by atoms with Crippen molar-refractivity contribution >= 4 is 23.2 Å². The second-order valence-electron chi connectivity index (χ2n) is 4.35. The first-order chi connectivity index (χ1) is 7.65. The van der Waals surface area contributed by atoms with Gasteiger partial charge < -0.3 is 4.74 Å². The van der Waals surface area contributed by atoms with E-state index in [1.54, 1.807) is 12.1 Å². The number of ether oxygens (including phenoxy) is 1. The third-order valence-corrected chi connectivity index (χ3v) is 3.84. The van der Waals surface area contributed by atoms with Gasteiger partial charge in [0, 0.05) is 22.9 Å². The Labute approximate surface area is 105 Å². The lowest BCUT2D eigenvalue weighted by atomic mass is 9.83. The molecule has 0 aliphatic carbocycles. The average molecular weight is 263 g/mol. The van der Waals surface area contributed by atoms with Crippen molar-refractivity contribution in [2.45, 2.75) is 12.8 Å². The van der Waals surface area contributed by atoms with Crippen LogP contribution in [0.2, 0.25) is 5.02 Å². The van der Waals surface area contributed by atoms with E-state index in [0.717, 1.165) is 6.42 Å². The quantitative estimate of drug-likeness (QED) is 0.756. The minimum absolute atomic E-state index is 0.132. The zero-order valence-electron chi connectivity index (χ0n) is 8.81. The van der Waals surface area contributed by atoms with Gasteiger partial charge >= 0.3 is 0 Å². The average Bonchev–Trinajstić information content (AvgIpc) is 2.73. The van der Waals surface area contributed by atoms with E-state index in [4.69, 9.17) is 27.9 Å². The third kappa shape index (κ3) is 2.50. The molecule has 0 saturated carbocycles. The zero-order valence-corrected chi connectivity index (χ0v) is 10.3. The normalized spacial score (nSPS) is 24.9. The van der Waals surface area contributed by atoms with Gasteiger partial charge in [-0.25, -0.2) is 4.39 Å². The number of rotatable bonds is 3. The molecule has 1 atom stereocenters. The molecule has 0 bridgehead atoms. The fourth-order valence-corrected chi connectivity index (χ4v) is 2.52. The van der Waals surface area contributed by atoms with E-state index in [1.807, 2.05) is 0 Å². The smallest absolute Gasteiger partial charge is 0.126 e. The van der Waals surface area contributed by atoms with Gasteiger partial charge in [-0.1, -0.05) is 11.6 Å². The second kappa shape index (κ2) is 4.91. The summed E-state index contributed by atoms with van der Waals surface area (Å²) in [4.78, 5) is 0. The number of alkyl halides is 1. The largest absolute Gasteiger partial charge is 0.381 e. The standard InChI is InChI=1S/C12H13Cl2FO/c13-7-12(3-4-16-8-12)6-9-5-10(14)1-2-11(9)15/h1-2,5H,3-4,6-8H2. The summed E-state index contributed by atoms with van der Waals surface area (Å²) in [5, 5.41) is 0.556. The summed E-state index contributed by atoms with van der Waals surface area (Å²) in [7, 11) is 0. The molecule has 16 heavy (non-hydrogen) atoms. The van der Waals surface area contributed by atoms with Gasteiger partial charge in [0.05, 0.1) is 6.61 Å². The van der Waals surface area contributed by atoms with E-state index in [1.165, 1.54) is 6.07 Å². The van der Waals surface area contributed by atoms with Crippen LogP contribution in [0.5, 0.6) is 0 Å². The van der Waals surface area contributed by atoms with Crippen molar-refractivity contribution in [3.05, 3.63) is 34.6 Å². The molecule has 0 amide bonds. The maximum atomic E-state index is 13.6. The molecule has 1 nitrogen and oxygen atoms in total. The van der Waals surface area contributed by atoms with Crippen molar-refractivity contribution in [2.24, 2.45) is 5.41 Å². The number of hydrogen-bond donors (Lipinski definition) is 0. The molecular weight excluding hydrogens is 250 g/mol. The van der Waals surface area contributed by atoms with Gasteiger partial charge in [0.2, 0.25) is 0 Å². The molecule has 88 valence electrons. The maximum absolute atomic E-state index is 13.6. The zero-order chi connectivity index (χ0) is 11.6. The predicted molar refractivity (Wildman–Crippen MR) is 63.7 cm³/mol. The van der Waals surface area contributed by atoms with Gasteiger partial charge in [0.15, 0.2) is 0 Å². The van der Waals surface area contributed by atoms with E-state index in [2.05, 4.69) is 0 Å². The van der Waals surface area contributed by atoms with Crippen LogP contribution in [0, 0.1) is 11.2 Å². The number of hydrogen-bond acceptors (Lipinski definition) is 1.